The predicted molar refractivity (Wildman–Crippen MR) is 58.9 cm³/mol. The quantitative estimate of drug-likeness (QED) is 0.653. The number of hydrogen-bond donors (Lipinski definition) is 0. The summed E-state index contributed by atoms with van der Waals surface area (Å²) in [5.74, 6) is 0.157. The van der Waals surface area contributed by atoms with Crippen LogP contribution in [0.1, 0.15) is 27.7 Å². The molecule has 0 saturated heterocycles. The molecule has 0 aliphatic carbocycles. The lowest BCUT2D eigenvalue weighted by atomic mass is 10.0. The lowest BCUT2D eigenvalue weighted by Gasteiger charge is -2.14. The van der Waals surface area contributed by atoms with Gasteiger partial charge < -0.3 is 9.47 Å². The third kappa shape index (κ3) is 0.780. The molecule has 0 saturated carbocycles. The Balaban J connectivity index is 2.00. The lowest BCUT2D eigenvalue weighted by molar-refractivity contribution is 0.0739. The number of amides is 1. The van der Waals surface area contributed by atoms with Crippen LogP contribution in [0.5, 0.6) is 0 Å². The number of carbonyl (C=O) groups excluding carboxylic acids is 1. The van der Waals surface area contributed by atoms with Crippen LogP contribution < -0.4 is 0 Å². The molecule has 0 fully saturated rings. The first-order chi connectivity index (χ1) is 7.86. The summed E-state index contributed by atoms with van der Waals surface area (Å²) in [5, 5.41) is 0. The minimum atomic E-state index is 0.138. The van der Waals surface area contributed by atoms with Crippen LogP contribution in [-0.2, 0) is 6.67 Å². The Morgan fingerprint density at radius 2 is 2.00 bits per heavy atom. The molecule has 0 radical (unpaired) electrons. The summed E-state index contributed by atoms with van der Waals surface area (Å²) in [6, 6.07) is 12.2. The Bertz CT molecular complexity index is 599. The van der Waals surface area contributed by atoms with Gasteiger partial charge >= 0.3 is 0 Å². The van der Waals surface area contributed by atoms with Gasteiger partial charge in [-0.2, -0.15) is 0 Å². The van der Waals surface area contributed by atoms with E-state index in [2.05, 4.69) is 16.7 Å². The van der Waals surface area contributed by atoms with Gasteiger partial charge in [0.2, 0.25) is 0 Å². The molecule has 2 aliphatic rings. The van der Waals surface area contributed by atoms with Gasteiger partial charge in [-0.15, -0.1) is 0 Å². The van der Waals surface area contributed by atoms with Gasteiger partial charge in [-0.1, -0.05) is 18.2 Å². The van der Waals surface area contributed by atoms with Crippen molar-refractivity contribution >= 4 is 5.91 Å². The third-order valence-corrected chi connectivity index (χ3v) is 3.51. The highest BCUT2D eigenvalue weighted by molar-refractivity contribution is 5.99. The highest BCUT2D eigenvalue weighted by atomic mass is 16.2. The van der Waals surface area contributed by atoms with E-state index in [0.717, 1.165) is 11.1 Å². The second-order valence-corrected chi connectivity index (χ2v) is 4.31. The Morgan fingerprint density at radius 1 is 1.12 bits per heavy atom. The molecule has 2 aromatic rings. The van der Waals surface area contributed by atoms with Crippen LogP contribution in [0.2, 0.25) is 0 Å². The molecular formula is C13H10N2O. The summed E-state index contributed by atoms with van der Waals surface area (Å²) >= 11 is 0. The topological polar surface area (TPSA) is 25.2 Å². The Morgan fingerprint density at radius 3 is 2.94 bits per heavy atom. The minimum Gasteiger partial charge on any atom is -0.331 e. The maximum atomic E-state index is 12.2. The van der Waals surface area contributed by atoms with Crippen LogP contribution in [0.3, 0.4) is 0 Å². The second-order valence-electron chi connectivity index (χ2n) is 4.31. The maximum Gasteiger partial charge on any atom is 0.256 e. The zero-order valence-electron chi connectivity index (χ0n) is 8.63. The Labute approximate surface area is 92.9 Å². The van der Waals surface area contributed by atoms with E-state index < -0.39 is 0 Å². The fourth-order valence-corrected chi connectivity index (χ4v) is 2.80. The monoisotopic (exact) mass is 210 g/mol. The van der Waals surface area contributed by atoms with E-state index in [-0.39, 0.29) is 11.9 Å². The molecule has 0 spiro atoms. The molecule has 0 N–H and O–H groups in total. The van der Waals surface area contributed by atoms with Crippen molar-refractivity contribution in [2.75, 3.05) is 0 Å². The first-order valence-corrected chi connectivity index (χ1v) is 5.41. The van der Waals surface area contributed by atoms with E-state index in [1.165, 1.54) is 5.69 Å². The molecule has 4 rings (SSSR count). The van der Waals surface area contributed by atoms with Crippen LogP contribution in [-0.4, -0.2) is 15.4 Å². The fraction of sp³-hybridized carbons (Fsp3) is 0.154. The van der Waals surface area contributed by atoms with Crippen molar-refractivity contribution in [2.24, 2.45) is 0 Å². The summed E-state index contributed by atoms with van der Waals surface area (Å²) in [6.07, 6.45) is 2.03. The fourth-order valence-electron chi connectivity index (χ4n) is 2.80. The van der Waals surface area contributed by atoms with E-state index in [4.69, 9.17) is 0 Å². The largest absolute Gasteiger partial charge is 0.331 e. The van der Waals surface area contributed by atoms with Crippen molar-refractivity contribution in [3.8, 4) is 0 Å². The van der Waals surface area contributed by atoms with Crippen LogP contribution >= 0.6 is 0 Å². The van der Waals surface area contributed by atoms with Crippen molar-refractivity contribution in [2.45, 2.75) is 12.7 Å². The van der Waals surface area contributed by atoms with Crippen LogP contribution in [0.4, 0.5) is 0 Å². The van der Waals surface area contributed by atoms with Crippen molar-refractivity contribution in [1.29, 1.82) is 0 Å². The molecule has 1 atom stereocenters. The SMILES string of the molecule is O=C1c2ccccc2C2c3cccn3CN12. The molecule has 78 valence electrons. The van der Waals surface area contributed by atoms with E-state index in [1.807, 2.05) is 35.4 Å². The van der Waals surface area contributed by atoms with Crippen molar-refractivity contribution < 1.29 is 4.79 Å². The van der Waals surface area contributed by atoms with Crippen molar-refractivity contribution in [3.05, 3.63) is 59.4 Å². The van der Waals surface area contributed by atoms with E-state index in [0.29, 0.717) is 6.67 Å². The maximum absolute atomic E-state index is 12.2. The van der Waals surface area contributed by atoms with Gasteiger partial charge in [0.15, 0.2) is 0 Å². The normalized spacial score (nSPS) is 20.9. The van der Waals surface area contributed by atoms with Gasteiger partial charge in [-0.05, 0) is 23.8 Å². The lowest BCUT2D eigenvalue weighted by Crippen LogP contribution is -2.23. The number of carbonyl (C=O) groups is 1. The number of benzene rings is 1. The van der Waals surface area contributed by atoms with Gasteiger partial charge in [0, 0.05) is 17.5 Å². The zero-order chi connectivity index (χ0) is 10.7. The molecule has 1 amide bonds. The number of rotatable bonds is 0. The Kier molecular flexibility index (Phi) is 1.30. The standard InChI is InChI=1S/C13H10N2O/c16-13-10-5-2-1-4-9(10)12-11-6-3-7-14(11)8-15(12)13/h1-7,12H,8H2. The molecule has 3 heteroatoms. The first kappa shape index (κ1) is 8.16. The van der Waals surface area contributed by atoms with Crippen molar-refractivity contribution in [3.63, 3.8) is 0 Å². The number of nitrogens with zero attached hydrogens (tertiary/aromatic N) is 2. The predicted octanol–water partition coefficient (Wildman–Crippen LogP) is 2.00. The first-order valence-electron chi connectivity index (χ1n) is 5.41. The van der Waals surface area contributed by atoms with Gasteiger partial charge in [0.25, 0.3) is 5.91 Å². The summed E-state index contributed by atoms with van der Waals surface area (Å²) in [6.45, 7) is 0.681. The molecule has 0 bridgehead atoms. The number of aromatic nitrogens is 1. The van der Waals surface area contributed by atoms with E-state index in [1.54, 1.807) is 0 Å². The van der Waals surface area contributed by atoms with Gasteiger partial charge in [-0.3, -0.25) is 4.79 Å². The molecule has 3 heterocycles. The molecular weight excluding hydrogens is 200 g/mol. The zero-order valence-corrected chi connectivity index (χ0v) is 8.63. The highest BCUT2D eigenvalue weighted by Crippen LogP contribution is 2.42. The van der Waals surface area contributed by atoms with Gasteiger partial charge in [0.1, 0.15) is 6.04 Å². The molecule has 3 nitrogen and oxygen atoms in total. The minimum absolute atomic E-state index is 0.138. The Hall–Kier alpha value is -2.03. The summed E-state index contributed by atoms with van der Waals surface area (Å²) in [4.78, 5) is 14.1. The molecule has 1 unspecified atom stereocenters. The summed E-state index contributed by atoms with van der Waals surface area (Å²) < 4.78 is 2.14. The van der Waals surface area contributed by atoms with Crippen LogP contribution in [0.25, 0.3) is 0 Å². The van der Waals surface area contributed by atoms with Gasteiger partial charge in [-0.25, -0.2) is 0 Å². The summed E-state index contributed by atoms with van der Waals surface area (Å²) in [7, 11) is 0. The molecule has 2 aliphatic heterocycles. The van der Waals surface area contributed by atoms with Crippen LogP contribution in [0, 0.1) is 0 Å². The average molecular weight is 210 g/mol. The average Bonchev–Trinajstić information content (AvgIpc) is 2.92. The van der Waals surface area contributed by atoms with E-state index >= 15 is 0 Å². The third-order valence-electron chi connectivity index (χ3n) is 3.51. The van der Waals surface area contributed by atoms with Gasteiger partial charge in [0.05, 0.1) is 6.67 Å². The molecule has 1 aromatic carbocycles. The smallest absolute Gasteiger partial charge is 0.256 e. The van der Waals surface area contributed by atoms with Crippen molar-refractivity contribution in [1.82, 2.24) is 9.47 Å². The second kappa shape index (κ2) is 2.55. The van der Waals surface area contributed by atoms with E-state index in [9.17, 15) is 4.79 Å². The number of fused-ring (bicyclic) bond motifs is 5. The molecule has 16 heavy (non-hydrogen) atoms. The van der Waals surface area contributed by atoms with Crippen LogP contribution in [0.15, 0.2) is 42.6 Å². The molecule has 1 aromatic heterocycles. The summed E-state index contributed by atoms with van der Waals surface area (Å²) in [5.41, 5.74) is 3.23. The number of hydrogen-bond acceptors (Lipinski definition) is 1. The highest BCUT2D eigenvalue weighted by Gasteiger charge is 2.42.